The van der Waals surface area contributed by atoms with E-state index in [1.165, 1.54) is 25.2 Å². The first-order chi connectivity index (χ1) is 9.43. The topological polar surface area (TPSA) is 108 Å². The molecule has 1 aromatic rings. The van der Waals surface area contributed by atoms with Crippen LogP contribution >= 0.6 is 11.6 Å². The number of carboxylic acids is 1. The molecule has 3 amide bonds. The fourth-order valence-electron chi connectivity index (χ4n) is 1.39. The molecule has 0 saturated carbocycles. The molecule has 108 valence electrons. The van der Waals surface area contributed by atoms with Gasteiger partial charge in [0.25, 0.3) is 0 Å². The van der Waals surface area contributed by atoms with Gasteiger partial charge < -0.3 is 21.1 Å². The van der Waals surface area contributed by atoms with Crippen LogP contribution in [-0.2, 0) is 4.79 Å². The van der Waals surface area contributed by atoms with Crippen molar-refractivity contribution in [3.8, 4) is 0 Å². The summed E-state index contributed by atoms with van der Waals surface area (Å²) in [5.74, 6) is -1.39. The van der Waals surface area contributed by atoms with Gasteiger partial charge in [0.2, 0.25) is 5.91 Å². The highest BCUT2D eigenvalue weighted by Crippen LogP contribution is 2.21. The molecule has 0 bridgehead atoms. The van der Waals surface area contributed by atoms with Crippen molar-refractivity contribution in [2.75, 3.05) is 18.9 Å². The molecular formula is C12H14ClN3O4. The summed E-state index contributed by atoms with van der Waals surface area (Å²) in [7, 11) is 1.49. The van der Waals surface area contributed by atoms with Gasteiger partial charge in [0.05, 0.1) is 11.3 Å². The molecule has 4 N–H and O–H groups in total. The first-order valence-corrected chi connectivity index (χ1v) is 6.10. The number of anilines is 1. The van der Waals surface area contributed by atoms with Gasteiger partial charge in [-0.05, 0) is 18.2 Å². The van der Waals surface area contributed by atoms with E-state index in [1.807, 2.05) is 0 Å². The Morgan fingerprint density at radius 1 is 1.30 bits per heavy atom. The zero-order chi connectivity index (χ0) is 15.1. The van der Waals surface area contributed by atoms with Crippen LogP contribution in [0.2, 0.25) is 5.02 Å². The number of benzene rings is 1. The number of carboxylic acid groups (broad SMARTS) is 1. The lowest BCUT2D eigenvalue weighted by Gasteiger charge is -2.10. The molecule has 0 saturated heterocycles. The third kappa shape index (κ3) is 4.77. The fraction of sp³-hybridized carbons (Fsp3) is 0.250. The first-order valence-electron chi connectivity index (χ1n) is 5.72. The van der Waals surface area contributed by atoms with Crippen LogP contribution in [0.3, 0.4) is 0 Å². The maximum absolute atomic E-state index is 11.6. The molecule has 8 heteroatoms. The second-order valence-corrected chi connectivity index (χ2v) is 4.24. The standard InChI is InChI=1S/C12H14ClN3O4/c1-14-10(17)4-5-15-12(20)16-9-6-7(13)2-3-8(9)11(18)19/h2-3,6H,4-5H2,1H3,(H,14,17)(H,18,19)(H2,15,16,20). The zero-order valence-corrected chi connectivity index (χ0v) is 11.5. The van der Waals surface area contributed by atoms with E-state index in [9.17, 15) is 14.4 Å². The van der Waals surface area contributed by atoms with Crippen LogP contribution in [-0.4, -0.2) is 36.6 Å². The summed E-state index contributed by atoms with van der Waals surface area (Å²) in [5.41, 5.74) is 0.0123. The number of carbonyl (C=O) groups excluding carboxylic acids is 2. The van der Waals surface area contributed by atoms with Crippen molar-refractivity contribution in [1.82, 2.24) is 10.6 Å². The molecule has 1 rings (SSSR count). The minimum absolute atomic E-state index is 0.0733. The van der Waals surface area contributed by atoms with Crippen LogP contribution in [0.1, 0.15) is 16.8 Å². The molecule has 0 radical (unpaired) electrons. The van der Waals surface area contributed by atoms with Gasteiger partial charge in [-0.15, -0.1) is 0 Å². The second kappa shape index (κ2) is 7.34. The molecule has 0 heterocycles. The molecule has 0 fully saturated rings. The normalized spacial score (nSPS) is 9.70. The van der Waals surface area contributed by atoms with Crippen molar-refractivity contribution >= 4 is 35.2 Å². The van der Waals surface area contributed by atoms with E-state index in [1.54, 1.807) is 0 Å². The van der Waals surface area contributed by atoms with Crippen molar-refractivity contribution in [2.24, 2.45) is 0 Å². The van der Waals surface area contributed by atoms with Crippen molar-refractivity contribution in [3.63, 3.8) is 0 Å². The Kier molecular flexibility index (Phi) is 5.79. The van der Waals surface area contributed by atoms with Gasteiger partial charge in [-0.2, -0.15) is 0 Å². The smallest absolute Gasteiger partial charge is 0.337 e. The SMILES string of the molecule is CNC(=O)CCNC(=O)Nc1cc(Cl)ccc1C(=O)O. The average molecular weight is 300 g/mol. The lowest BCUT2D eigenvalue weighted by atomic mass is 10.2. The number of hydrogen-bond donors (Lipinski definition) is 4. The van der Waals surface area contributed by atoms with Gasteiger partial charge in [0, 0.05) is 25.0 Å². The van der Waals surface area contributed by atoms with E-state index in [4.69, 9.17) is 16.7 Å². The Morgan fingerprint density at radius 2 is 2.00 bits per heavy atom. The van der Waals surface area contributed by atoms with E-state index in [0.717, 1.165) is 0 Å². The van der Waals surface area contributed by atoms with E-state index >= 15 is 0 Å². The molecule has 0 aromatic heterocycles. The molecule has 1 aromatic carbocycles. The first kappa shape index (κ1) is 15.8. The highest BCUT2D eigenvalue weighted by atomic mass is 35.5. The predicted octanol–water partition coefficient (Wildman–Crippen LogP) is 1.30. The number of nitrogens with one attached hydrogen (secondary N) is 3. The van der Waals surface area contributed by atoms with Crippen LogP contribution in [0.4, 0.5) is 10.5 Å². The number of carbonyl (C=O) groups is 3. The Labute approximate surface area is 120 Å². The molecule has 20 heavy (non-hydrogen) atoms. The summed E-state index contributed by atoms with van der Waals surface area (Å²) in [5, 5.41) is 16.5. The largest absolute Gasteiger partial charge is 0.478 e. The number of urea groups is 1. The minimum Gasteiger partial charge on any atom is -0.478 e. The van der Waals surface area contributed by atoms with Gasteiger partial charge in [-0.1, -0.05) is 11.6 Å². The highest BCUT2D eigenvalue weighted by molar-refractivity contribution is 6.31. The molecule has 0 unspecified atom stereocenters. The number of rotatable bonds is 5. The van der Waals surface area contributed by atoms with Crippen LogP contribution < -0.4 is 16.0 Å². The van der Waals surface area contributed by atoms with Gasteiger partial charge >= 0.3 is 12.0 Å². The van der Waals surface area contributed by atoms with Crippen LogP contribution in [0.15, 0.2) is 18.2 Å². The third-order valence-corrected chi connectivity index (χ3v) is 2.61. The Morgan fingerprint density at radius 3 is 2.60 bits per heavy atom. The minimum atomic E-state index is -1.18. The molecule has 0 spiro atoms. The fourth-order valence-corrected chi connectivity index (χ4v) is 1.56. The van der Waals surface area contributed by atoms with E-state index in [0.29, 0.717) is 5.02 Å². The van der Waals surface area contributed by atoms with Gasteiger partial charge in [-0.25, -0.2) is 9.59 Å². The van der Waals surface area contributed by atoms with E-state index < -0.39 is 12.0 Å². The zero-order valence-electron chi connectivity index (χ0n) is 10.7. The quantitative estimate of drug-likeness (QED) is 0.657. The summed E-state index contributed by atoms with van der Waals surface area (Å²) in [6, 6.07) is 3.44. The summed E-state index contributed by atoms with van der Waals surface area (Å²) >= 11 is 5.75. The average Bonchev–Trinajstić information content (AvgIpc) is 2.38. The third-order valence-electron chi connectivity index (χ3n) is 2.38. The second-order valence-electron chi connectivity index (χ2n) is 3.80. The summed E-state index contributed by atoms with van der Waals surface area (Å²) < 4.78 is 0. The number of amides is 3. The molecule has 0 aliphatic heterocycles. The van der Waals surface area contributed by atoms with Crippen molar-refractivity contribution in [1.29, 1.82) is 0 Å². The molecule has 7 nitrogen and oxygen atoms in total. The van der Waals surface area contributed by atoms with E-state index in [-0.39, 0.29) is 30.1 Å². The maximum Gasteiger partial charge on any atom is 0.337 e. The Balaban J connectivity index is 2.63. The van der Waals surface area contributed by atoms with Crippen molar-refractivity contribution < 1.29 is 19.5 Å². The molecule has 0 aliphatic rings. The van der Waals surface area contributed by atoms with Gasteiger partial charge in [-0.3, -0.25) is 4.79 Å². The highest BCUT2D eigenvalue weighted by Gasteiger charge is 2.12. The van der Waals surface area contributed by atoms with Crippen LogP contribution in [0, 0.1) is 0 Å². The van der Waals surface area contributed by atoms with Gasteiger partial charge in [0.15, 0.2) is 0 Å². The van der Waals surface area contributed by atoms with E-state index in [2.05, 4.69) is 16.0 Å². The monoisotopic (exact) mass is 299 g/mol. The summed E-state index contributed by atoms with van der Waals surface area (Å²) in [6.07, 6.45) is 0.130. The molecule has 0 atom stereocenters. The maximum atomic E-state index is 11.6. The molecule has 0 aliphatic carbocycles. The predicted molar refractivity (Wildman–Crippen MR) is 74.1 cm³/mol. The Bertz CT molecular complexity index is 533. The molecular weight excluding hydrogens is 286 g/mol. The summed E-state index contributed by atoms with van der Waals surface area (Å²) in [4.78, 5) is 33.5. The lowest BCUT2D eigenvalue weighted by molar-refractivity contribution is -0.120. The van der Waals surface area contributed by atoms with Crippen LogP contribution in [0.25, 0.3) is 0 Å². The number of hydrogen-bond acceptors (Lipinski definition) is 3. The van der Waals surface area contributed by atoms with Crippen molar-refractivity contribution in [2.45, 2.75) is 6.42 Å². The summed E-state index contributed by atoms with van der Waals surface area (Å²) in [6.45, 7) is 0.133. The lowest BCUT2D eigenvalue weighted by Crippen LogP contribution is -2.32. The van der Waals surface area contributed by atoms with Crippen molar-refractivity contribution in [3.05, 3.63) is 28.8 Å². The number of halogens is 1. The van der Waals surface area contributed by atoms with Crippen LogP contribution in [0.5, 0.6) is 0 Å². The number of aromatic carboxylic acids is 1. The van der Waals surface area contributed by atoms with Gasteiger partial charge in [0.1, 0.15) is 0 Å². The Hall–Kier alpha value is -2.28.